The number of hydrogen-bond donors (Lipinski definition) is 1. The van der Waals surface area contributed by atoms with Crippen molar-refractivity contribution >= 4 is 48.9 Å². The van der Waals surface area contributed by atoms with Gasteiger partial charge >= 0.3 is 0 Å². The van der Waals surface area contributed by atoms with E-state index < -0.39 is 16.1 Å². The summed E-state index contributed by atoms with van der Waals surface area (Å²) < 4.78 is 23.1. The number of carbonyl (C=O) groups excluding carboxylic acids is 1. The minimum atomic E-state index is -1.29. The second-order valence-electron chi connectivity index (χ2n) is 15.0. The van der Waals surface area contributed by atoms with Crippen molar-refractivity contribution in [2.75, 3.05) is 33.0 Å². The van der Waals surface area contributed by atoms with E-state index in [1.807, 2.05) is 10.7 Å². The van der Waals surface area contributed by atoms with Crippen LogP contribution in [0.4, 0.5) is 0 Å². The molecule has 0 spiro atoms. The molecule has 6 rings (SSSR count). The summed E-state index contributed by atoms with van der Waals surface area (Å²) in [6, 6.07) is 8.14. The molecule has 0 bridgehead atoms. The van der Waals surface area contributed by atoms with Crippen LogP contribution in [0.2, 0.25) is 51.4 Å². The maximum Gasteiger partial charge on any atom is 0.275 e. The van der Waals surface area contributed by atoms with Crippen LogP contribution in [0.1, 0.15) is 33.6 Å². The molecular weight excluding hydrogens is 708 g/mol. The van der Waals surface area contributed by atoms with E-state index in [0.29, 0.717) is 70.9 Å². The molecule has 1 fully saturated rings. The Morgan fingerprint density at radius 3 is 2.46 bits per heavy atom. The maximum absolute atomic E-state index is 14.0. The molecule has 1 aromatic carbocycles. The highest BCUT2D eigenvalue weighted by atomic mass is 79.9. The number of ether oxygens (including phenoxy) is 3. The molecule has 0 saturated carbocycles. The lowest BCUT2D eigenvalue weighted by atomic mass is 10.1. The first-order valence-corrected chi connectivity index (χ1v) is 24.9. The highest BCUT2D eigenvalue weighted by molar-refractivity contribution is 9.10. The average molecular weight is 756 g/mol. The topological polar surface area (TPSA) is 121 Å². The predicted molar refractivity (Wildman–Crippen MR) is 194 cm³/mol. The molecule has 1 N–H and O–H groups in total. The Balaban J connectivity index is 1.31. The summed E-state index contributed by atoms with van der Waals surface area (Å²) in [6.07, 6.45) is 3.20. The van der Waals surface area contributed by atoms with E-state index in [4.69, 9.17) is 24.3 Å². The van der Waals surface area contributed by atoms with E-state index in [2.05, 4.69) is 87.2 Å². The van der Waals surface area contributed by atoms with Crippen LogP contribution in [0, 0.1) is 0 Å². The van der Waals surface area contributed by atoms with E-state index in [1.54, 1.807) is 17.3 Å². The minimum absolute atomic E-state index is 0.175. The second kappa shape index (κ2) is 14.6. The number of morpholine rings is 1. The van der Waals surface area contributed by atoms with Crippen LogP contribution >= 0.6 is 15.9 Å². The summed E-state index contributed by atoms with van der Waals surface area (Å²) in [7, 11) is -2.51. The molecule has 5 heterocycles. The monoisotopic (exact) mass is 754 g/mol. The molecule has 2 aliphatic rings. The summed E-state index contributed by atoms with van der Waals surface area (Å²) in [4.78, 5) is 29.9. The molecule has 0 radical (unpaired) electrons. The Morgan fingerprint density at radius 2 is 1.75 bits per heavy atom. The minimum Gasteiger partial charge on any atom is -0.378 e. The molecule has 1 amide bonds. The van der Waals surface area contributed by atoms with Crippen molar-refractivity contribution < 1.29 is 19.0 Å². The summed E-state index contributed by atoms with van der Waals surface area (Å²) in [6.45, 7) is 18.7. The number of aromatic nitrogens is 6. The molecule has 0 aliphatic carbocycles. The number of fused-ring (bicyclic) bond motifs is 2. The molecular formula is C33H47BrN8O4Si2. The van der Waals surface area contributed by atoms with Gasteiger partial charge < -0.3 is 29.0 Å². The smallest absolute Gasteiger partial charge is 0.275 e. The number of carbonyl (C=O) groups is 1. The summed E-state index contributed by atoms with van der Waals surface area (Å²) in [5.74, 6) is 0.559. The van der Waals surface area contributed by atoms with E-state index in [-0.39, 0.29) is 11.9 Å². The SMILES string of the molecule is C[Si](C)(C)CCOCn1c(-c2nn(COCC[Si](C)(C)C)c3cc(Br)ccc23)nc2c1CN(C(=O)c1nccnc1C1COCCN1)C2. The number of hydrogen-bond acceptors (Lipinski definition) is 9. The number of amides is 1. The quantitative estimate of drug-likeness (QED) is 0.132. The summed E-state index contributed by atoms with van der Waals surface area (Å²) >= 11 is 3.65. The molecule has 2 aliphatic heterocycles. The zero-order chi connectivity index (χ0) is 34.1. The molecule has 4 aromatic rings. The van der Waals surface area contributed by atoms with Gasteiger partial charge in [-0.3, -0.25) is 9.78 Å². The Hall–Kier alpha value is -2.80. The zero-order valence-corrected chi connectivity index (χ0v) is 32.5. The molecule has 1 unspecified atom stereocenters. The van der Waals surface area contributed by atoms with Gasteiger partial charge in [0, 0.05) is 58.2 Å². The summed E-state index contributed by atoms with van der Waals surface area (Å²) in [5.41, 5.74) is 4.47. The third-order valence-electron chi connectivity index (χ3n) is 8.66. The van der Waals surface area contributed by atoms with Crippen LogP contribution in [0.3, 0.4) is 0 Å². The lowest BCUT2D eigenvalue weighted by Gasteiger charge is -2.25. The van der Waals surface area contributed by atoms with Crippen molar-refractivity contribution in [2.45, 2.75) is 84.0 Å². The number of imidazole rings is 1. The third-order valence-corrected chi connectivity index (χ3v) is 12.6. The van der Waals surface area contributed by atoms with Crippen molar-refractivity contribution in [3.8, 4) is 11.5 Å². The third kappa shape index (κ3) is 8.14. The fourth-order valence-electron chi connectivity index (χ4n) is 5.85. The van der Waals surface area contributed by atoms with Crippen LogP contribution in [-0.4, -0.2) is 89.2 Å². The normalized spacial score (nSPS) is 17.0. The number of benzene rings is 1. The van der Waals surface area contributed by atoms with Crippen LogP contribution in [-0.2, 0) is 40.8 Å². The standard InChI is InChI=1S/C33H47BrN8O4Si2/c1-47(2,3)15-13-45-21-41-28-19-40(33(43)31-30(36-9-10-37-31)26-20-44-12-11-35-26)18-25(28)38-32(41)29-24-8-7-23(34)17-27(24)42(39-29)22-46-14-16-48(4,5)6/h7-10,17,26,35H,11-16,18-22H2,1-6H3. The number of nitrogens with zero attached hydrogens (tertiary/aromatic N) is 7. The van der Waals surface area contributed by atoms with Gasteiger partial charge in [0.05, 0.1) is 54.9 Å². The summed E-state index contributed by atoms with van der Waals surface area (Å²) in [5, 5.41) is 9.46. The predicted octanol–water partition coefficient (Wildman–Crippen LogP) is 5.89. The molecule has 1 atom stereocenters. The zero-order valence-electron chi connectivity index (χ0n) is 28.9. The first-order chi connectivity index (χ1) is 22.9. The van der Waals surface area contributed by atoms with Gasteiger partial charge in [0.2, 0.25) is 0 Å². The highest BCUT2D eigenvalue weighted by Crippen LogP contribution is 2.35. The molecule has 12 nitrogen and oxygen atoms in total. The van der Waals surface area contributed by atoms with E-state index in [0.717, 1.165) is 50.4 Å². The van der Waals surface area contributed by atoms with Gasteiger partial charge in [0.15, 0.2) is 11.5 Å². The molecule has 15 heteroatoms. The number of rotatable bonds is 13. The van der Waals surface area contributed by atoms with Gasteiger partial charge in [0.25, 0.3) is 5.91 Å². The number of halogens is 1. The molecule has 1 saturated heterocycles. The van der Waals surface area contributed by atoms with Gasteiger partial charge in [-0.25, -0.2) is 14.6 Å². The first kappa shape index (κ1) is 35.0. The van der Waals surface area contributed by atoms with E-state index in [1.165, 1.54) is 0 Å². The Morgan fingerprint density at radius 1 is 1.02 bits per heavy atom. The van der Waals surface area contributed by atoms with Gasteiger partial charge in [-0.1, -0.05) is 55.2 Å². The van der Waals surface area contributed by atoms with Gasteiger partial charge in [0.1, 0.15) is 19.2 Å². The van der Waals surface area contributed by atoms with Crippen LogP contribution in [0.5, 0.6) is 0 Å². The van der Waals surface area contributed by atoms with Crippen molar-refractivity contribution in [1.29, 1.82) is 0 Å². The van der Waals surface area contributed by atoms with Crippen molar-refractivity contribution in [2.24, 2.45) is 0 Å². The van der Waals surface area contributed by atoms with Crippen LogP contribution in [0.15, 0.2) is 35.1 Å². The molecule has 258 valence electrons. The second-order valence-corrected chi connectivity index (χ2v) is 27.2. The lowest BCUT2D eigenvalue weighted by Crippen LogP contribution is -2.37. The van der Waals surface area contributed by atoms with Gasteiger partial charge in [-0.15, -0.1) is 0 Å². The maximum atomic E-state index is 14.0. The lowest BCUT2D eigenvalue weighted by molar-refractivity contribution is 0.0684. The van der Waals surface area contributed by atoms with E-state index in [9.17, 15) is 4.79 Å². The fraction of sp³-hybridized carbons (Fsp3) is 0.545. The van der Waals surface area contributed by atoms with Crippen LogP contribution < -0.4 is 5.32 Å². The Labute approximate surface area is 292 Å². The van der Waals surface area contributed by atoms with Gasteiger partial charge in [-0.2, -0.15) is 5.10 Å². The highest BCUT2D eigenvalue weighted by Gasteiger charge is 2.35. The largest absolute Gasteiger partial charge is 0.378 e. The van der Waals surface area contributed by atoms with Crippen molar-refractivity contribution in [1.82, 2.24) is 39.5 Å². The first-order valence-electron chi connectivity index (χ1n) is 16.7. The van der Waals surface area contributed by atoms with Crippen molar-refractivity contribution in [3.05, 3.63) is 57.8 Å². The Bertz CT molecular complexity index is 1760. The van der Waals surface area contributed by atoms with Crippen molar-refractivity contribution in [3.63, 3.8) is 0 Å². The molecule has 48 heavy (non-hydrogen) atoms. The van der Waals surface area contributed by atoms with Crippen LogP contribution in [0.25, 0.3) is 22.4 Å². The fourth-order valence-corrected chi connectivity index (χ4v) is 7.72. The van der Waals surface area contributed by atoms with E-state index >= 15 is 0 Å². The molecule has 3 aromatic heterocycles. The average Bonchev–Trinajstić information content (AvgIpc) is 3.72. The number of nitrogens with one attached hydrogen (secondary N) is 1. The van der Waals surface area contributed by atoms with Gasteiger partial charge in [-0.05, 0) is 30.3 Å². The Kier molecular flexibility index (Phi) is 10.7.